The van der Waals surface area contributed by atoms with Gasteiger partial charge in [0.05, 0.1) is 4.88 Å². The van der Waals surface area contributed by atoms with Gasteiger partial charge >= 0.3 is 0 Å². The second-order valence-corrected chi connectivity index (χ2v) is 6.32. The normalized spacial score (nSPS) is 15.4. The van der Waals surface area contributed by atoms with E-state index in [1.807, 2.05) is 18.7 Å². The Bertz CT molecular complexity index is 654. The van der Waals surface area contributed by atoms with Gasteiger partial charge in [-0.25, -0.2) is 4.98 Å². The van der Waals surface area contributed by atoms with Crippen LogP contribution in [0, 0.1) is 20.8 Å². The third kappa shape index (κ3) is 2.04. The van der Waals surface area contributed by atoms with E-state index in [9.17, 15) is 4.79 Å². The number of aromatic nitrogens is 1. The van der Waals surface area contributed by atoms with Gasteiger partial charge in [0.25, 0.3) is 5.91 Å². The van der Waals surface area contributed by atoms with Gasteiger partial charge in [0.15, 0.2) is 0 Å². The molecule has 0 unspecified atom stereocenters. The molecular formula is C15H18N2OS. The fraction of sp³-hybridized carbons (Fsp3) is 0.467. The van der Waals surface area contributed by atoms with Crippen LogP contribution in [0.5, 0.6) is 0 Å². The zero-order valence-corrected chi connectivity index (χ0v) is 12.4. The standard InChI is InChI=1S/C15H18N2OS/c1-9-8-10(2)16-14-12(9)11(3)13(19-14)15(18)17-6-4-5-7-17/h8H,4-7H2,1-3H3. The molecule has 0 aromatic carbocycles. The average Bonchev–Trinajstić information content (AvgIpc) is 2.96. The van der Waals surface area contributed by atoms with E-state index >= 15 is 0 Å². The van der Waals surface area contributed by atoms with Gasteiger partial charge in [-0.1, -0.05) is 0 Å². The summed E-state index contributed by atoms with van der Waals surface area (Å²) < 4.78 is 0. The Hall–Kier alpha value is -1.42. The van der Waals surface area contributed by atoms with Crippen LogP contribution in [-0.2, 0) is 0 Å². The quantitative estimate of drug-likeness (QED) is 0.798. The maximum atomic E-state index is 12.5. The van der Waals surface area contributed by atoms with E-state index in [-0.39, 0.29) is 5.91 Å². The molecule has 0 bridgehead atoms. The Morgan fingerprint density at radius 2 is 1.95 bits per heavy atom. The molecule has 0 saturated carbocycles. The molecule has 3 heterocycles. The summed E-state index contributed by atoms with van der Waals surface area (Å²) in [5, 5.41) is 1.16. The molecule has 3 nitrogen and oxygen atoms in total. The molecule has 0 N–H and O–H groups in total. The van der Waals surface area contributed by atoms with E-state index in [1.54, 1.807) is 11.3 Å². The summed E-state index contributed by atoms with van der Waals surface area (Å²) in [6.45, 7) is 7.95. The number of nitrogens with zero attached hydrogens (tertiary/aromatic N) is 2. The smallest absolute Gasteiger partial charge is 0.264 e. The van der Waals surface area contributed by atoms with Crippen LogP contribution in [0.1, 0.15) is 39.3 Å². The van der Waals surface area contributed by atoms with Gasteiger partial charge in [0, 0.05) is 24.2 Å². The number of aryl methyl sites for hydroxylation is 3. The van der Waals surface area contributed by atoms with Crippen molar-refractivity contribution in [3.8, 4) is 0 Å². The van der Waals surface area contributed by atoms with Gasteiger partial charge in [-0.15, -0.1) is 11.3 Å². The molecule has 1 amide bonds. The number of carbonyl (C=O) groups excluding carboxylic acids is 1. The van der Waals surface area contributed by atoms with Crippen molar-refractivity contribution in [3.05, 3.63) is 27.8 Å². The van der Waals surface area contributed by atoms with Crippen molar-refractivity contribution in [2.24, 2.45) is 0 Å². The first kappa shape index (κ1) is 12.6. The molecule has 2 aromatic heterocycles. The largest absolute Gasteiger partial charge is 0.338 e. The third-order valence-corrected chi connectivity index (χ3v) is 4.99. The van der Waals surface area contributed by atoms with Crippen molar-refractivity contribution in [1.82, 2.24) is 9.88 Å². The Morgan fingerprint density at radius 3 is 2.63 bits per heavy atom. The molecule has 1 saturated heterocycles. The van der Waals surface area contributed by atoms with Gasteiger partial charge in [-0.3, -0.25) is 4.79 Å². The summed E-state index contributed by atoms with van der Waals surface area (Å²) in [6.07, 6.45) is 2.26. The van der Waals surface area contributed by atoms with Crippen LogP contribution >= 0.6 is 11.3 Å². The van der Waals surface area contributed by atoms with E-state index in [4.69, 9.17) is 0 Å². The number of thiophene rings is 1. The third-order valence-electron chi connectivity index (χ3n) is 3.81. The first-order valence-corrected chi connectivity index (χ1v) is 7.56. The van der Waals surface area contributed by atoms with E-state index in [2.05, 4.69) is 18.0 Å². The highest BCUT2D eigenvalue weighted by Crippen LogP contribution is 2.33. The summed E-state index contributed by atoms with van der Waals surface area (Å²) in [7, 11) is 0. The molecule has 100 valence electrons. The molecule has 2 aromatic rings. The van der Waals surface area contributed by atoms with Crippen LogP contribution in [0.15, 0.2) is 6.07 Å². The Balaban J connectivity index is 2.12. The zero-order valence-electron chi connectivity index (χ0n) is 11.6. The highest BCUT2D eigenvalue weighted by Gasteiger charge is 2.24. The second-order valence-electron chi connectivity index (χ2n) is 5.32. The number of rotatable bonds is 1. The highest BCUT2D eigenvalue weighted by molar-refractivity contribution is 7.20. The van der Waals surface area contributed by atoms with E-state index in [0.29, 0.717) is 0 Å². The average molecular weight is 274 g/mol. The van der Waals surface area contributed by atoms with Crippen molar-refractivity contribution in [1.29, 1.82) is 0 Å². The highest BCUT2D eigenvalue weighted by atomic mass is 32.1. The number of amides is 1. The Labute approximate surface area is 117 Å². The zero-order chi connectivity index (χ0) is 13.6. The first-order valence-electron chi connectivity index (χ1n) is 6.74. The molecule has 0 atom stereocenters. The summed E-state index contributed by atoms with van der Waals surface area (Å²) in [5.41, 5.74) is 3.34. The lowest BCUT2D eigenvalue weighted by Gasteiger charge is -2.14. The maximum Gasteiger partial charge on any atom is 0.264 e. The van der Waals surface area contributed by atoms with Crippen LogP contribution in [0.4, 0.5) is 0 Å². The van der Waals surface area contributed by atoms with Gasteiger partial charge in [0.1, 0.15) is 4.83 Å². The minimum absolute atomic E-state index is 0.190. The van der Waals surface area contributed by atoms with Crippen LogP contribution in [-0.4, -0.2) is 28.9 Å². The summed E-state index contributed by atoms with van der Waals surface area (Å²) >= 11 is 1.54. The van der Waals surface area contributed by atoms with Gasteiger partial charge in [-0.05, 0) is 50.8 Å². The Morgan fingerprint density at radius 1 is 1.26 bits per heavy atom. The van der Waals surface area contributed by atoms with Crippen molar-refractivity contribution in [2.45, 2.75) is 33.6 Å². The van der Waals surface area contributed by atoms with Gasteiger partial charge in [0.2, 0.25) is 0 Å². The van der Waals surface area contributed by atoms with Crippen LogP contribution in [0.2, 0.25) is 0 Å². The number of pyridine rings is 1. The fourth-order valence-electron chi connectivity index (χ4n) is 2.89. The van der Waals surface area contributed by atoms with Crippen LogP contribution in [0.3, 0.4) is 0 Å². The fourth-order valence-corrected chi connectivity index (χ4v) is 4.16. The van der Waals surface area contributed by atoms with E-state index in [1.165, 1.54) is 5.56 Å². The minimum atomic E-state index is 0.190. The molecule has 1 aliphatic heterocycles. The summed E-state index contributed by atoms with van der Waals surface area (Å²) in [6, 6.07) is 2.09. The monoisotopic (exact) mass is 274 g/mol. The van der Waals surface area contributed by atoms with Crippen molar-refractivity contribution in [2.75, 3.05) is 13.1 Å². The molecule has 19 heavy (non-hydrogen) atoms. The minimum Gasteiger partial charge on any atom is -0.338 e. The number of likely N-dealkylation sites (tertiary alicyclic amines) is 1. The lowest BCUT2D eigenvalue weighted by atomic mass is 10.1. The molecule has 0 spiro atoms. The molecule has 3 rings (SSSR count). The number of hydrogen-bond acceptors (Lipinski definition) is 3. The van der Waals surface area contributed by atoms with E-state index < -0.39 is 0 Å². The molecule has 1 aliphatic rings. The molecule has 0 radical (unpaired) electrons. The van der Waals surface area contributed by atoms with Gasteiger partial charge < -0.3 is 4.90 Å². The van der Waals surface area contributed by atoms with Crippen molar-refractivity contribution < 1.29 is 4.79 Å². The van der Waals surface area contributed by atoms with E-state index in [0.717, 1.165) is 52.3 Å². The number of fused-ring (bicyclic) bond motifs is 1. The van der Waals surface area contributed by atoms with Crippen molar-refractivity contribution in [3.63, 3.8) is 0 Å². The summed E-state index contributed by atoms with van der Waals surface area (Å²) in [5.74, 6) is 0.190. The number of carbonyl (C=O) groups is 1. The second kappa shape index (κ2) is 4.60. The molecule has 1 fully saturated rings. The maximum absolute atomic E-state index is 12.5. The molecule has 0 aliphatic carbocycles. The first-order chi connectivity index (χ1) is 9.08. The van der Waals surface area contributed by atoms with Crippen LogP contribution in [0.25, 0.3) is 10.2 Å². The molecular weight excluding hydrogens is 256 g/mol. The molecule has 4 heteroatoms. The van der Waals surface area contributed by atoms with Crippen molar-refractivity contribution >= 4 is 27.5 Å². The van der Waals surface area contributed by atoms with Crippen LogP contribution < -0.4 is 0 Å². The predicted octanol–water partition coefficient (Wildman–Crippen LogP) is 3.46. The predicted molar refractivity (Wildman–Crippen MR) is 79.0 cm³/mol. The Kier molecular flexibility index (Phi) is 3.05. The number of hydrogen-bond donors (Lipinski definition) is 0. The SMILES string of the molecule is Cc1cc(C)c2c(C)c(C(=O)N3CCCC3)sc2n1. The summed E-state index contributed by atoms with van der Waals surface area (Å²) in [4.78, 5) is 21.0. The lowest BCUT2D eigenvalue weighted by Crippen LogP contribution is -2.27. The topological polar surface area (TPSA) is 33.2 Å². The lowest BCUT2D eigenvalue weighted by molar-refractivity contribution is 0.0797. The van der Waals surface area contributed by atoms with Gasteiger partial charge in [-0.2, -0.15) is 0 Å².